The Labute approximate surface area is 150 Å². The lowest BCUT2D eigenvalue weighted by Gasteiger charge is -2.21. The molecule has 1 amide bonds. The van der Waals surface area contributed by atoms with Gasteiger partial charge in [-0.15, -0.1) is 0 Å². The third-order valence-electron chi connectivity index (χ3n) is 3.25. The SMILES string of the molecule is CC1CC(=O)NN=C1c1ccc(OCC(Cl)(Cl)CO)c(Br)c1F. The average Bonchev–Trinajstić information content (AvgIpc) is 2.50. The Kier molecular flexibility index (Phi) is 5.89. The molecule has 0 aromatic heterocycles. The van der Waals surface area contributed by atoms with Crippen molar-refractivity contribution in [3.8, 4) is 5.75 Å². The van der Waals surface area contributed by atoms with Gasteiger partial charge < -0.3 is 9.84 Å². The summed E-state index contributed by atoms with van der Waals surface area (Å²) in [7, 11) is 0. The van der Waals surface area contributed by atoms with Crippen molar-refractivity contribution in [2.24, 2.45) is 11.0 Å². The van der Waals surface area contributed by atoms with E-state index in [-0.39, 0.29) is 40.6 Å². The van der Waals surface area contributed by atoms with Crippen molar-refractivity contribution in [3.63, 3.8) is 0 Å². The fourth-order valence-electron chi connectivity index (χ4n) is 2.05. The van der Waals surface area contributed by atoms with E-state index in [1.54, 1.807) is 6.92 Å². The zero-order chi connectivity index (χ0) is 17.2. The highest BCUT2D eigenvalue weighted by Gasteiger charge is 2.27. The number of hydrogen-bond donors (Lipinski definition) is 2. The number of hydrogen-bond acceptors (Lipinski definition) is 4. The molecule has 0 bridgehead atoms. The highest BCUT2D eigenvalue weighted by molar-refractivity contribution is 9.10. The first kappa shape index (κ1) is 18.4. The van der Waals surface area contributed by atoms with Gasteiger partial charge in [-0.05, 0) is 28.1 Å². The number of hydrazone groups is 1. The molecule has 1 unspecified atom stereocenters. The standard InChI is InChI=1S/C14H14BrCl2FN2O3/c1-7-4-10(22)19-20-13(7)8-2-3-9(11(15)12(8)18)23-6-14(16,17)5-21/h2-3,7,21H,4-6H2,1H3,(H,19,22). The number of halogens is 4. The van der Waals surface area contributed by atoms with Crippen LogP contribution in [-0.2, 0) is 4.79 Å². The number of aliphatic hydroxyl groups is 1. The molecule has 5 nitrogen and oxygen atoms in total. The quantitative estimate of drug-likeness (QED) is 0.709. The molecular weight excluding hydrogens is 414 g/mol. The summed E-state index contributed by atoms with van der Waals surface area (Å²) in [6.07, 6.45) is 0.242. The van der Waals surface area contributed by atoms with Gasteiger partial charge in [0.05, 0.1) is 16.8 Å². The molecule has 0 saturated carbocycles. The van der Waals surface area contributed by atoms with E-state index in [0.29, 0.717) is 5.71 Å². The molecule has 9 heteroatoms. The van der Waals surface area contributed by atoms with Crippen LogP contribution in [0.1, 0.15) is 18.9 Å². The number of ether oxygens (including phenoxy) is 1. The smallest absolute Gasteiger partial charge is 0.240 e. The summed E-state index contributed by atoms with van der Waals surface area (Å²) in [5, 5.41) is 12.9. The summed E-state index contributed by atoms with van der Waals surface area (Å²) >= 11 is 14.7. The second-order valence-corrected chi connectivity index (χ2v) is 7.61. The molecule has 2 N–H and O–H groups in total. The largest absolute Gasteiger partial charge is 0.489 e. The summed E-state index contributed by atoms with van der Waals surface area (Å²) in [5.41, 5.74) is 3.07. The number of alkyl halides is 2. The van der Waals surface area contributed by atoms with Gasteiger partial charge in [-0.25, -0.2) is 9.82 Å². The molecule has 1 aliphatic heterocycles. The van der Waals surface area contributed by atoms with Crippen molar-refractivity contribution < 1.29 is 19.0 Å². The molecule has 0 radical (unpaired) electrons. The van der Waals surface area contributed by atoms with E-state index in [9.17, 15) is 9.18 Å². The summed E-state index contributed by atoms with van der Waals surface area (Å²) in [4.78, 5) is 11.3. The lowest BCUT2D eigenvalue weighted by molar-refractivity contribution is -0.121. The highest BCUT2D eigenvalue weighted by atomic mass is 79.9. The fraction of sp³-hybridized carbons (Fsp3) is 0.429. The lowest BCUT2D eigenvalue weighted by Crippen LogP contribution is -2.32. The summed E-state index contributed by atoms with van der Waals surface area (Å²) < 4.78 is 18.5. The first-order valence-electron chi connectivity index (χ1n) is 6.71. The van der Waals surface area contributed by atoms with Gasteiger partial charge in [0.25, 0.3) is 0 Å². The van der Waals surface area contributed by atoms with Gasteiger partial charge in [0.15, 0.2) is 4.33 Å². The number of rotatable bonds is 5. The second-order valence-electron chi connectivity index (χ2n) is 5.18. The summed E-state index contributed by atoms with van der Waals surface area (Å²) in [6, 6.07) is 3.04. The lowest BCUT2D eigenvalue weighted by atomic mass is 9.94. The van der Waals surface area contributed by atoms with Crippen LogP contribution in [0.5, 0.6) is 5.75 Å². The first-order chi connectivity index (χ1) is 10.7. The molecule has 23 heavy (non-hydrogen) atoms. The van der Waals surface area contributed by atoms with Crippen LogP contribution in [0.25, 0.3) is 0 Å². The average molecular weight is 428 g/mol. The Hall–Kier alpha value is -0.890. The number of carbonyl (C=O) groups is 1. The second kappa shape index (κ2) is 7.34. The number of nitrogens with one attached hydrogen (secondary N) is 1. The van der Waals surface area contributed by atoms with Crippen LogP contribution in [0.15, 0.2) is 21.7 Å². The molecule has 0 saturated heterocycles. The monoisotopic (exact) mass is 426 g/mol. The third-order valence-corrected chi connectivity index (χ3v) is 4.45. The molecule has 1 aromatic rings. The van der Waals surface area contributed by atoms with Crippen LogP contribution < -0.4 is 10.2 Å². The Morgan fingerprint density at radius 1 is 1.57 bits per heavy atom. The number of aliphatic hydroxyl groups excluding tert-OH is 1. The van der Waals surface area contributed by atoms with Gasteiger partial charge in [0, 0.05) is 17.9 Å². The Bertz CT molecular complexity index is 655. The summed E-state index contributed by atoms with van der Waals surface area (Å²) in [6.45, 7) is 1.09. The van der Waals surface area contributed by atoms with E-state index in [1.165, 1.54) is 12.1 Å². The molecule has 0 fully saturated rings. The Morgan fingerprint density at radius 2 is 2.26 bits per heavy atom. The number of benzene rings is 1. The number of nitrogens with zero attached hydrogens (tertiary/aromatic N) is 1. The summed E-state index contributed by atoms with van der Waals surface area (Å²) in [5.74, 6) is -0.781. The van der Waals surface area contributed by atoms with Gasteiger partial charge in [-0.3, -0.25) is 4.79 Å². The van der Waals surface area contributed by atoms with Crippen LogP contribution >= 0.6 is 39.1 Å². The maximum atomic E-state index is 14.6. The highest BCUT2D eigenvalue weighted by Crippen LogP contribution is 2.33. The molecule has 1 heterocycles. The normalized spacial score (nSPS) is 18.4. The fourth-order valence-corrected chi connectivity index (χ4v) is 2.62. The molecule has 1 aromatic carbocycles. The first-order valence-corrected chi connectivity index (χ1v) is 8.26. The van der Waals surface area contributed by atoms with E-state index in [1.807, 2.05) is 0 Å². The van der Waals surface area contributed by atoms with Gasteiger partial charge >= 0.3 is 0 Å². The van der Waals surface area contributed by atoms with Crippen molar-refractivity contribution in [3.05, 3.63) is 28.0 Å². The maximum Gasteiger partial charge on any atom is 0.240 e. The maximum absolute atomic E-state index is 14.6. The zero-order valence-corrected chi connectivity index (χ0v) is 15.2. The molecular formula is C14H14BrCl2FN2O3. The van der Waals surface area contributed by atoms with Gasteiger partial charge in [-0.2, -0.15) is 5.10 Å². The van der Waals surface area contributed by atoms with Gasteiger partial charge in [0.2, 0.25) is 5.91 Å². The molecule has 1 aliphatic rings. The molecule has 1 atom stereocenters. The van der Waals surface area contributed by atoms with E-state index in [4.69, 9.17) is 33.0 Å². The zero-order valence-electron chi connectivity index (χ0n) is 12.1. The van der Waals surface area contributed by atoms with Crippen molar-refractivity contribution in [2.75, 3.05) is 13.2 Å². The van der Waals surface area contributed by atoms with Gasteiger partial charge in [0.1, 0.15) is 18.2 Å². The van der Waals surface area contributed by atoms with E-state index in [2.05, 4.69) is 26.5 Å². The predicted octanol–water partition coefficient (Wildman–Crippen LogP) is 2.99. The molecule has 0 spiro atoms. The predicted molar refractivity (Wildman–Crippen MR) is 89.6 cm³/mol. The Morgan fingerprint density at radius 3 is 2.87 bits per heavy atom. The minimum Gasteiger partial charge on any atom is -0.489 e. The van der Waals surface area contributed by atoms with Crippen molar-refractivity contribution in [1.82, 2.24) is 5.43 Å². The van der Waals surface area contributed by atoms with Crippen LogP contribution in [0.4, 0.5) is 4.39 Å². The van der Waals surface area contributed by atoms with E-state index < -0.39 is 16.8 Å². The van der Waals surface area contributed by atoms with E-state index >= 15 is 0 Å². The Balaban J connectivity index is 2.26. The minimum absolute atomic E-state index is 0.0869. The van der Waals surface area contributed by atoms with Crippen LogP contribution in [-0.4, -0.2) is 34.3 Å². The third kappa shape index (κ3) is 4.35. The number of carbonyl (C=O) groups excluding carboxylic acids is 1. The van der Waals surface area contributed by atoms with Crippen LogP contribution in [0.3, 0.4) is 0 Å². The van der Waals surface area contributed by atoms with Crippen molar-refractivity contribution in [1.29, 1.82) is 0 Å². The number of amides is 1. The van der Waals surface area contributed by atoms with Crippen molar-refractivity contribution >= 4 is 50.8 Å². The molecule has 0 aliphatic carbocycles. The van der Waals surface area contributed by atoms with Crippen LogP contribution in [0.2, 0.25) is 0 Å². The van der Waals surface area contributed by atoms with E-state index in [0.717, 1.165) is 0 Å². The topological polar surface area (TPSA) is 70.9 Å². The van der Waals surface area contributed by atoms with Crippen LogP contribution in [0, 0.1) is 11.7 Å². The van der Waals surface area contributed by atoms with Gasteiger partial charge in [-0.1, -0.05) is 30.1 Å². The molecule has 2 rings (SSSR count). The molecule has 126 valence electrons. The minimum atomic E-state index is -1.47. The van der Waals surface area contributed by atoms with Crippen molar-refractivity contribution in [2.45, 2.75) is 17.7 Å².